The van der Waals surface area contributed by atoms with Crippen LogP contribution in [0.3, 0.4) is 0 Å². The van der Waals surface area contributed by atoms with E-state index in [2.05, 4.69) is 34.4 Å². The molecule has 3 atom stereocenters. The Morgan fingerprint density at radius 1 is 1.30 bits per heavy atom. The van der Waals surface area contributed by atoms with Crippen LogP contribution < -0.4 is 5.32 Å². The molecule has 1 aromatic heterocycles. The van der Waals surface area contributed by atoms with Crippen molar-refractivity contribution in [3.8, 4) is 11.1 Å². The number of rotatable bonds is 2. The summed E-state index contributed by atoms with van der Waals surface area (Å²) in [7, 11) is 0. The molecule has 23 heavy (non-hydrogen) atoms. The first-order chi connectivity index (χ1) is 11.2. The Labute approximate surface area is 136 Å². The average molecular weight is 310 g/mol. The van der Waals surface area contributed by atoms with Gasteiger partial charge < -0.3 is 10.2 Å². The van der Waals surface area contributed by atoms with Crippen LogP contribution in [0.5, 0.6) is 0 Å². The second-order valence-corrected chi connectivity index (χ2v) is 6.78. The standard InChI is InChI=1S/C18H22N4O/c1-13-4-2-3-5-17(13)15-9-19-22(11-15)18(23)20-16-8-14-6-7-21(10-14)12-16/h2-5,9,11,14,16H,6-8,10,12H2,1H3,(H,20,23)/t14-,16-/m1/s1. The van der Waals surface area contributed by atoms with Gasteiger partial charge in [-0.3, -0.25) is 0 Å². The number of amides is 1. The molecule has 1 amide bonds. The Hall–Kier alpha value is -2.14. The minimum absolute atomic E-state index is 0.127. The summed E-state index contributed by atoms with van der Waals surface area (Å²) in [5.74, 6) is 0.745. The number of piperidine rings is 1. The lowest BCUT2D eigenvalue weighted by Crippen LogP contribution is -2.48. The Bertz CT molecular complexity index is 711. The van der Waals surface area contributed by atoms with Crippen molar-refractivity contribution >= 4 is 6.03 Å². The summed E-state index contributed by atoms with van der Waals surface area (Å²) in [5, 5.41) is 7.38. The number of benzene rings is 1. The molecular weight excluding hydrogens is 288 g/mol. The lowest BCUT2D eigenvalue weighted by atomic mass is 9.97. The number of fused-ring (bicyclic) bond motifs is 2. The summed E-state index contributed by atoms with van der Waals surface area (Å²) in [4.78, 5) is 14.9. The second kappa shape index (κ2) is 5.81. The molecule has 3 heterocycles. The van der Waals surface area contributed by atoms with Crippen molar-refractivity contribution in [2.75, 3.05) is 19.6 Å². The first-order valence-electron chi connectivity index (χ1n) is 8.33. The zero-order valence-corrected chi connectivity index (χ0v) is 13.4. The van der Waals surface area contributed by atoms with Gasteiger partial charge in [0.25, 0.3) is 0 Å². The van der Waals surface area contributed by atoms with Gasteiger partial charge >= 0.3 is 6.03 Å². The number of carbonyl (C=O) groups is 1. The monoisotopic (exact) mass is 310 g/mol. The summed E-state index contributed by atoms with van der Waals surface area (Å²) in [5.41, 5.74) is 3.28. The summed E-state index contributed by atoms with van der Waals surface area (Å²) in [6, 6.07) is 8.26. The molecule has 1 aromatic carbocycles. The zero-order valence-electron chi connectivity index (χ0n) is 13.4. The third-order valence-electron chi connectivity index (χ3n) is 5.04. The minimum Gasteiger partial charge on any atom is -0.332 e. The van der Waals surface area contributed by atoms with Gasteiger partial charge in [-0.15, -0.1) is 0 Å². The van der Waals surface area contributed by atoms with Crippen molar-refractivity contribution < 1.29 is 4.79 Å². The van der Waals surface area contributed by atoms with Gasteiger partial charge in [-0.2, -0.15) is 9.78 Å². The van der Waals surface area contributed by atoms with Crippen molar-refractivity contribution in [2.45, 2.75) is 25.8 Å². The van der Waals surface area contributed by atoms with Gasteiger partial charge in [-0.05, 0) is 43.4 Å². The highest BCUT2D eigenvalue weighted by molar-refractivity contribution is 5.78. The van der Waals surface area contributed by atoms with Crippen LogP contribution in [0.15, 0.2) is 36.7 Å². The molecule has 2 aliphatic heterocycles. The number of nitrogens with one attached hydrogen (secondary N) is 1. The molecule has 2 fully saturated rings. The molecule has 2 bridgehead atoms. The Balaban J connectivity index is 1.46. The van der Waals surface area contributed by atoms with Crippen LogP contribution in [0, 0.1) is 12.8 Å². The second-order valence-electron chi connectivity index (χ2n) is 6.78. The molecule has 5 heteroatoms. The van der Waals surface area contributed by atoms with Crippen LogP contribution in [-0.2, 0) is 0 Å². The quantitative estimate of drug-likeness (QED) is 0.927. The number of hydrogen-bond acceptors (Lipinski definition) is 3. The van der Waals surface area contributed by atoms with Crippen LogP contribution >= 0.6 is 0 Å². The molecule has 4 rings (SSSR count). The van der Waals surface area contributed by atoms with E-state index in [4.69, 9.17) is 0 Å². The Morgan fingerprint density at radius 3 is 3.00 bits per heavy atom. The molecule has 0 aliphatic carbocycles. The predicted molar refractivity (Wildman–Crippen MR) is 89.3 cm³/mol. The maximum Gasteiger partial charge on any atom is 0.342 e. The molecule has 2 saturated heterocycles. The fourth-order valence-electron chi connectivity index (χ4n) is 3.87. The molecular formula is C18H22N4O. The van der Waals surface area contributed by atoms with Crippen molar-refractivity contribution in [1.29, 1.82) is 0 Å². The third-order valence-corrected chi connectivity index (χ3v) is 5.04. The Morgan fingerprint density at radius 2 is 2.17 bits per heavy atom. The zero-order chi connectivity index (χ0) is 15.8. The normalized spacial score (nSPS) is 26.2. The van der Waals surface area contributed by atoms with Crippen molar-refractivity contribution in [1.82, 2.24) is 20.0 Å². The van der Waals surface area contributed by atoms with Crippen LogP contribution in [0.4, 0.5) is 4.79 Å². The summed E-state index contributed by atoms with van der Waals surface area (Å²) >= 11 is 0. The van der Waals surface area contributed by atoms with Crippen LogP contribution in [0.1, 0.15) is 18.4 Å². The van der Waals surface area contributed by atoms with Gasteiger partial charge in [0.1, 0.15) is 0 Å². The maximum atomic E-state index is 12.4. The summed E-state index contributed by atoms with van der Waals surface area (Å²) in [6.07, 6.45) is 5.94. The molecule has 2 aromatic rings. The van der Waals surface area contributed by atoms with E-state index in [-0.39, 0.29) is 12.1 Å². The van der Waals surface area contributed by atoms with Crippen LogP contribution in [0.25, 0.3) is 11.1 Å². The van der Waals surface area contributed by atoms with Crippen molar-refractivity contribution in [3.05, 3.63) is 42.2 Å². The van der Waals surface area contributed by atoms with E-state index in [1.807, 2.05) is 18.3 Å². The summed E-state index contributed by atoms with van der Waals surface area (Å²) in [6.45, 7) is 5.41. The van der Waals surface area contributed by atoms with E-state index in [1.165, 1.54) is 29.8 Å². The van der Waals surface area contributed by atoms with Crippen LogP contribution in [-0.4, -0.2) is 46.4 Å². The fourth-order valence-corrected chi connectivity index (χ4v) is 3.87. The molecule has 0 radical (unpaired) electrons. The van der Waals surface area contributed by atoms with Crippen LogP contribution in [0.2, 0.25) is 0 Å². The highest BCUT2D eigenvalue weighted by atomic mass is 16.2. The highest BCUT2D eigenvalue weighted by Gasteiger charge is 2.33. The van der Waals surface area contributed by atoms with Gasteiger partial charge in [0, 0.05) is 30.9 Å². The minimum atomic E-state index is -0.127. The average Bonchev–Trinajstić information content (AvgIpc) is 3.15. The summed E-state index contributed by atoms with van der Waals surface area (Å²) < 4.78 is 1.42. The molecule has 5 nitrogen and oxygen atoms in total. The molecule has 0 saturated carbocycles. The van der Waals surface area contributed by atoms with Crippen molar-refractivity contribution in [3.63, 3.8) is 0 Å². The molecule has 120 valence electrons. The number of carbonyl (C=O) groups excluding carboxylic acids is 1. The van der Waals surface area contributed by atoms with Gasteiger partial charge in [0.05, 0.1) is 6.20 Å². The van der Waals surface area contributed by atoms with Gasteiger partial charge in [0.15, 0.2) is 0 Å². The predicted octanol–water partition coefficient (Wildman–Crippen LogP) is 2.51. The lowest BCUT2D eigenvalue weighted by Gasteiger charge is -2.30. The van der Waals surface area contributed by atoms with Gasteiger partial charge in [0.2, 0.25) is 0 Å². The first-order valence-corrected chi connectivity index (χ1v) is 8.33. The number of aryl methyl sites for hydroxylation is 1. The SMILES string of the molecule is Cc1ccccc1-c1cnn(C(=O)N[C@@H]2C[C@H]3CCN(C3)C2)c1. The third kappa shape index (κ3) is 2.88. The van der Waals surface area contributed by atoms with E-state index in [9.17, 15) is 4.79 Å². The van der Waals surface area contributed by atoms with Gasteiger partial charge in [-0.1, -0.05) is 24.3 Å². The largest absolute Gasteiger partial charge is 0.342 e. The number of nitrogens with zero attached hydrogens (tertiary/aromatic N) is 3. The van der Waals surface area contributed by atoms with Gasteiger partial charge in [-0.25, -0.2) is 4.79 Å². The van der Waals surface area contributed by atoms with E-state index >= 15 is 0 Å². The van der Waals surface area contributed by atoms with E-state index < -0.39 is 0 Å². The van der Waals surface area contributed by atoms with Crippen molar-refractivity contribution in [2.24, 2.45) is 5.92 Å². The lowest BCUT2D eigenvalue weighted by molar-refractivity contribution is 0.204. The molecule has 0 spiro atoms. The number of hydrogen-bond donors (Lipinski definition) is 1. The highest BCUT2D eigenvalue weighted by Crippen LogP contribution is 2.27. The smallest absolute Gasteiger partial charge is 0.332 e. The van der Waals surface area contributed by atoms with E-state index in [1.54, 1.807) is 6.20 Å². The molecule has 2 aliphatic rings. The van der Waals surface area contributed by atoms with E-state index in [0.717, 1.165) is 30.0 Å². The maximum absolute atomic E-state index is 12.4. The molecule has 1 unspecified atom stereocenters. The number of aromatic nitrogens is 2. The first kappa shape index (κ1) is 14.5. The van der Waals surface area contributed by atoms with E-state index in [0.29, 0.717) is 0 Å². The topological polar surface area (TPSA) is 50.2 Å². The Kier molecular flexibility index (Phi) is 3.65. The fraction of sp³-hybridized carbons (Fsp3) is 0.444. The molecule has 1 N–H and O–H groups in total.